The minimum absolute atomic E-state index is 0.00420. The third-order valence-electron chi connectivity index (χ3n) is 7.43. The molecule has 0 aliphatic carbocycles. The van der Waals surface area contributed by atoms with Crippen molar-refractivity contribution in [3.63, 3.8) is 0 Å². The van der Waals surface area contributed by atoms with Crippen LogP contribution in [0.15, 0.2) is 36.4 Å². The summed E-state index contributed by atoms with van der Waals surface area (Å²) in [4.78, 5) is 36.0. The highest BCUT2D eigenvalue weighted by molar-refractivity contribution is 6.31. The molecule has 184 valence electrons. The molecule has 1 saturated heterocycles. The van der Waals surface area contributed by atoms with Crippen LogP contribution < -0.4 is 0 Å². The first-order valence-electron chi connectivity index (χ1n) is 11.9. The SMILES string of the molecule is CCN(CC)CCN1C(=O)N2[C@H](c3cccc(O)c3)c3[nH]c4cc(F)c(Cl)cc4c3C[C@@]2(C)C1=O. The van der Waals surface area contributed by atoms with Crippen molar-refractivity contribution >= 4 is 34.4 Å². The Balaban J connectivity index is 1.67. The number of phenolic OH excluding ortho intramolecular Hbond substituents is 1. The third kappa shape index (κ3) is 3.58. The second kappa shape index (κ2) is 8.53. The fourth-order valence-corrected chi connectivity index (χ4v) is 5.69. The number of H-pyrrole nitrogens is 1. The van der Waals surface area contributed by atoms with E-state index in [2.05, 4.69) is 9.88 Å². The smallest absolute Gasteiger partial charge is 0.328 e. The molecule has 3 aromatic rings. The van der Waals surface area contributed by atoms with Gasteiger partial charge >= 0.3 is 6.03 Å². The highest BCUT2D eigenvalue weighted by Crippen LogP contribution is 2.49. The second-order valence-electron chi connectivity index (χ2n) is 9.41. The van der Waals surface area contributed by atoms with E-state index in [1.165, 1.54) is 11.0 Å². The molecular weight excluding hydrogens is 471 g/mol. The number of likely N-dealkylation sites (N-methyl/N-ethyl adjacent to an activating group) is 1. The zero-order chi connectivity index (χ0) is 25.1. The zero-order valence-electron chi connectivity index (χ0n) is 19.9. The molecule has 7 nitrogen and oxygen atoms in total. The molecule has 0 unspecified atom stereocenters. The van der Waals surface area contributed by atoms with Crippen LogP contribution >= 0.6 is 11.6 Å². The van der Waals surface area contributed by atoms with Crippen LogP contribution in [0.4, 0.5) is 9.18 Å². The number of nitrogens with zero attached hydrogens (tertiary/aromatic N) is 3. The zero-order valence-corrected chi connectivity index (χ0v) is 20.7. The molecule has 0 bridgehead atoms. The summed E-state index contributed by atoms with van der Waals surface area (Å²) in [6.45, 7) is 8.42. The van der Waals surface area contributed by atoms with Gasteiger partial charge in [0.05, 0.1) is 5.02 Å². The van der Waals surface area contributed by atoms with E-state index < -0.39 is 17.4 Å². The van der Waals surface area contributed by atoms with E-state index >= 15 is 0 Å². The first-order chi connectivity index (χ1) is 16.7. The molecule has 2 aliphatic heterocycles. The number of fused-ring (bicyclic) bond motifs is 4. The lowest BCUT2D eigenvalue weighted by Crippen LogP contribution is -2.53. The first kappa shape index (κ1) is 23.6. The van der Waals surface area contributed by atoms with Crippen molar-refractivity contribution in [1.29, 1.82) is 0 Å². The van der Waals surface area contributed by atoms with Crippen LogP contribution in [-0.4, -0.2) is 68.4 Å². The third-order valence-corrected chi connectivity index (χ3v) is 7.72. The number of urea groups is 1. The van der Waals surface area contributed by atoms with Gasteiger partial charge in [-0.2, -0.15) is 0 Å². The number of imide groups is 1. The number of nitrogens with one attached hydrogen (secondary N) is 1. The average Bonchev–Trinajstić information content (AvgIpc) is 3.25. The van der Waals surface area contributed by atoms with Crippen molar-refractivity contribution in [3.05, 3.63) is 64.1 Å². The van der Waals surface area contributed by atoms with Crippen LogP contribution in [0.2, 0.25) is 5.02 Å². The lowest BCUT2D eigenvalue weighted by Gasteiger charge is -2.42. The normalized spacial score (nSPS) is 21.8. The van der Waals surface area contributed by atoms with Crippen molar-refractivity contribution < 1.29 is 19.1 Å². The van der Waals surface area contributed by atoms with Gasteiger partial charge in [-0.1, -0.05) is 37.6 Å². The summed E-state index contributed by atoms with van der Waals surface area (Å²) in [5.74, 6) is -0.751. The molecule has 0 spiro atoms. The Morgan fingerprint density at radius 3 is 2.66 bits per heavy atom. The highest BCUT2D eigenvalue weighted by Gasteiger charge is 2.60. The van der Waals surface area contributed by atoms with E-state index in [-0.39, 0.29) is 29.1 Å². The Kier molecular flexibility index (Phi) is 5.76. The molecule has 1 fully saturated rings. The molecule has 2 aromatic carbocycles. The Hall–Kier alpha value is -3.10. The molecule has 3 heterocycles. The van der Waals surface area contributed by atoms with Crippen molar-refractivity contribution in [3.8, 4) is 5.75 Å². The molecule has 5 rings (SSSR count). The van der Waals surface area contributed by atoms with Crippen LogP contribution in [0.5, 0.6) is 5.75 Å². The number of halogens is 2. The maximum atomic E-state index is 14.3. The Morgan fingerprint density at radius 1 is 1.23 bits per heavy atom. The summed E-state index contributed by atoms with van der Waals surface area (Å²) >= 11 is 6.11. The van der Waals surface area contributed by atoms with Crippen molar-refractivity contribution in [2.24, 2.45) is 0 Å². The lowest BCUT2D eigenvalue weighted by atomic mass is 9.81. The Morgan fingerprint density at radius 2 is 1.97 bits per heavy atom. The van der Waals surface area contributed by atoms with E-state index in [1.807, 2.05) is 19.9 Å². The molecule has 2 aliphatic rings. The van der Waals surface area contributed by atoms with Gasteiger partial charge in [-0.3, -0.25) is 14.6 Å². The van der Waals surface area contributed by atoms with Crippen molar-refractivity contribution in [1.82, 2.24) is 19.7 Å². The van der Waals surface area contributed by atoms with E-state index in [9.17, 15) is 19.1 Å². The quantitative estimate of drug-likeness (QED) is 0.484. The standard InChI is InChI=1S/C26H28ClFN4O3/c1-4-30(5-2)9-10-31-24(34)26(3)14-18-17-12-19(27)20(28)13-21(17)29-22(18)23(32(26)25(31)35)15-7-6-8-16(33)11-15/h6-8,11-13,23,29,33H,4-5,9-10,14H2,1-3H3/t23-,26+/m1/s1. The number of aromatic amines is 1. The predicted molar refractivity (Wildman–Crippen MR) is 132 cm³/mol. The van der Waals surface area contributed by atoms with Gasteiger partial charge in [0.25, 0.3) is 5.91 Å². The maximum absolute atomic E-state index is 14.3. The van der Waals surface area contributed by atoms with Gasteiger partial charge in [0.15, 0.2) is 0 Å². The van der Waals surface area contributed by atoms with E-state index in [0.717, 1.165) is 24.0 Å². The van der Waals surface area contributed by atoms with Gasteiger partial charge in [-0.15, -0.1) is 0 Å². The number of hydrogen-bond donors (Lipinski definition) is 2. The number of hydrogen-bond acceptors (Lipinski definition) is 4. The minimum atomic E-state index is -1.14. The number of carbonyl (C=O) groups is 2. The molecule has 35 heavy (non-hydrogen) atoms. The van der Waals surface area contributed by atoms with Gasteiger partial charge in [-0.25, -0.2) is 9.18 Å². The van der Waals surface area contributed by atoms with Gasteiger partial charge in [0.1, 0.15) is 23.1 Å². The molecule has 0 saturated carbocycles. The predicted octanol–water partition coefficient (Wildman–Crippen LogP) is 4.68. The molecule has 9 heteroatoms. The topological polar surface area (TPSA) is 79.9 Å². The average molecular weight is 499 g/mol. The summed E-state index contributed by atoms with van der Waals surface area (Å²) in [6, 6.07) is 8.54. The molecule has 1 aromatic heterocycles. The number of phenols is 1. The lowest BCUT2D eigenvalue weighted by molar-refractivity contribution is -0.133. The minimum Gasteiger partial charge on any atom is -0.508 e. The van der Waals surface area contributed by atoms with Gasteiger partial charge in [-0.05, 0) is 55.4 Å². The molecule has 2 atom stereocenters. The molecule has 0 radical (unpaired) electrons. The van der Waals surface area contributed by atoms with Crippen LogP contribution in [0.1, 0.15) is 43.6 Å². The highest BCUT2D eigenvalue weighted by atomic mass is 35.5. The molecular formula is C26H28ClFN4O3. The van der Waals surface area contributed by atoms with Crippen LogP contribution in [0.25, 0.3) is 10.9 Å². The maximum Gasteiger partial charge on any atom is 0.328 e. The molecule has 3 amide bonds. The first-order valence-corrected chi connectivity index (χ1v) is 12.2. The number of aromatic hydroxyl groups is 1. The summed E-state index contributed by atoms with van der Waals surface area (Å²) in [6.07, 6.45) is 0.270. The van der Waals surface area contributed by atoms with Crippen LogP contribution in [0.3, 0.4) is 0 Å². The fraction of sp³-hybridized carbons (Fsp3) is 0.385. The summed E-state index contributed by atoms with van der Waals surface area (Å²) < 4.78 is 14.3. The van der Waals surface area contributed by atoms with Crippen LogP contribution in [0, 0.1) is 5.82 Å². The molecule has 2 N–H and O–H groups in total. The van der Waals surface area contributed by atoms with Crippen molar-refractivity contribution in [2.45, 2.75) is 38.8 Å². The summed E-state index contributed by atoms with van der Waals surface area (Å²) in [7, 11) is 0. The number of rotatable bonds is 6. The number of aromatic nitrogens is 1. The number of benzene rings is 2. The fourth-order valence-electron chi connectivity index (χ4n) is 5.53. The van der Waals surface area contributed by atoms with Crippen LogP contribution in [-0.2, 0) is 11.2 Å². The van der Waals surface area contributed by atoms with Gasteiger partial charge in [0.2, 0.25) is 0 Å². The van der Waals surface area contributed by atoms with Gasteiger partial charge < -0.3 is 15.0 Å². The van der Waals surface area contributed by atoms with Gasteiger partial charge in [0, 0.05) is 36.1 Å². The summed E-state index contributed by atoms with van der Waals surface area (Å²) in [5.41, 5.74) is 1.57. The van der Waals surface area contributed by atoms with E-state index in [4.69, 9.17) is 11.6 Å². The summed E-state index contributed by atoms with van der Waals surface area (Å²) in [5, 5.41) is 10.9. The number of amides is 3. The Labute approximate surface area is 208 Å². The monoisotopic (exact) mass is 498 g/mol. The largest absolute Gasteiger partial charge is 0.508 e. The second-order valence-corrected chi connectivity index (χ2v) is 9.82. The van der Waals surface area contributed by atoms with E-state index in [0.29, 0.717) is 29.9 Å². The Bertz CT molecular complexity index is 1340. The van der Waals surface area contributed by atoms with Crippen molar-refractivity contribution in [2.75, 3.05) is 26.2 Å². The number of carbonyl (C=O) groups excluding carboxylic acids is 2. The van der Waals surface area contributed by atoms with E-state index in [1.54, 1.807) is 36.1 Å².